The monoisotopic (exact) mass is 384 g/mol. The predicted octanol–water partition coefficient (Wildman–Crippen LogP) is 3.15. The number of carbonyl (C=O) groups is 1. The number of rotatable bonds is 6. The number of amides is 1. The van der Waals surface area contributed by atoms with Gasteiger partial charge in [-0.1, -0.05) is 24.6 Å². The van der Waals surface area contributed by atoms with Crippen molar-refractivity contribution in [1.82, 2.24) is 20.2 Å². The molecule has 2 aromatic heterocycles. The highest BCUT2D eigenvalue weighted by Crippen LogP contribution is 2.38. The molecule has 1 amide bonds. The maximum atomic E-state index is 12.5. The van der Waals surface area contributed by atoms with Crippen molar-refractivity contribution in [2.45, 2.75) is 13.0 Å². The van der Waals surface area contributed by atoms with E-state index in [9.17, 15) is 9.90 Å². The van der Waals surface area contributed by atoms with E-state index in [-0.39, 0.29) is 18.2 Å². The smallest absolute Gasteiger partial charge is 0.234 e. The number of nitrogens with zero attached hydrogens (tertiary/aromatic N) is 3. The van der Waals surface area contributed by atoms with Gasteiger partial charge in [-0.25, -0.2) is 0 Å². The summed E-state index contributed by atoms with van der Waals surface area (Å²) in [6.07, 6.45) is 4.91. The minimum absolute atomic E-state index is 0.00648. The number of carbonyl (C=O) groups excluding carboxylic acids is 1. The molecule has 7 heteroatoms. The van der Waals surface area contributed by atoms with Crippen LogP contribution in [-0.4, -0.2) is 46.0 Å². The Morgan fingerprint density at radius 1 is 1.33 bits per heavy atom. The zero-order valence-electron chi connectivity index (χ0n) is 15.2. The molecule has 0 aliphatic heterocycles. The number of likely N-dealkylation sites (N-methyl/N-ethyl adjacent to an activating group) is 1. The molecular weight excluding hydrogens is 364 g/mol. The van der Waals surface area contributed by atoms with Crippen molar-refractivity contribution in [3.8, 4) is 5.75 Å². The maximum Gasteiger partial charge on any atom is 0.234 e. The summed E-state index contributed by atoms with van der Waals surface area (Å²) < 4.78 is 0. The molecule has 0 bridgehead atoms. The van der Waals surface area contributed by atoms with Crippen LogP contribution in [0.25, 0.3) is 10.9 Å². The molecule has 0 saturated heterocycles. The second-order valence-corrected chi connectivity index (χ2v) is 6.72. The van der Waals surface area contributed by atoms with Crippen LogP contribution in [0.1, 0.15) is 24.1 Å². The van der Waals surface area contributed by atoms with Crippen LogP contribution in [0.15, 0.2) is 48.9 Å². The molecule has 2 heterocycles. The molecule has 27 heavy (non-hydrogen) atoms. The number of aromatic nitrogens is 2. The van der Waals surface area contributed by atoms with Crippen molar-refractivity contribution in [2.75, 3.05) is 20.1 Å². The van der Waals surface area contributed by atoms with Crippen LogP contribution < -0.4 is 5.32 Å². The van der Waals surface area contributed by atoms with Gasteiger partial charge in [-0.2, -0.15) is 0 Å². The van der Waals surface area contributed by atoms with Crippen LogP contribution >= 0.6 is 11.6 Å². The van der Waals surface area contributed by atoms with E-state index in [1.165, 1.54) is 0 Å². The zero-order chi connectivity index (χ0) is 19.4. The fourth-order valence-electron chi connectivity index (χ4n) is 2.88. The lowest BCUT2D eigenvalue weighted by molar-refractivity contribution is -0.122. The van der Waals surface area contributed by atoms with E-state index in [2.05, 4.69) is 15.3 Å². The lowest BCUT2D eigenvalue weighted by atomic mass is 9.97. The highest BCUT2D eigenvalue weighted by molar-refractivity contribution is 6.35. The second kappa shape index (κ2) is 8.33. The topological polar surface area (TPSA) is 78.4 Å². The van der Waals surface area contributed by atoms with Gasteiger partial charge in [0.25, 0.3) is 0 Å². The molecule has 0 fully saturated rings. The van der Waals surface area contributed by atoms with E-state index in [1.54, 1.807) is 42.9 Å². The molecule has 0 aliphatic rings. The molecule has 1 unspecified atom stereocenters. The van der Waals surface area contributed by atoms with Crippen LogP contribution in [0, 0.1) is 0 Å². The molecule has 140 valence electrons. The molecule has 3 aromatic rings. The number of fused-ring (bicyclic) bond motifs is 1. The van der Waals surface area contributed by atoms with Gasteiger partial charge in [0.1, 0.15) is 11.3 Å². The van der Waals surface area contributed by atoms with Gasteiger partial charge >= 0.3 is 0 Å². The lowest BCUT2D eigenvalue weighted by Gasteiger charge is -2.23. The Kier molecular flexibility index (Phi) is 5.88. The fraction of sp³-hybridized carbons (Fsp3) is 0.250. The molecule has 1 atom stereocenters. The highest BCUT2D eigenvalue weighted by atomic mass is 35.5. The predicted molar refractivity (Wildman–Crippen MR) is 106 cm³/mol. The van der Waals surface area contributed by atoms with Crippen LogP contribution in [0.4, 0.5) is 0 Å². The normalized spacial score (nSPS) is 12.3. The molecule has 3 rings (SSSR count). The van der Waals surface area contributed by atoms with E-state index in [0.29, 0.717) is 21.5 Å². The van der Waals surface area contributed by atoms with Gasteiger partial charge in [0.05, 0.1) is 17.6 Å². The van der Waals surface area contributed by atoms with Crippen LogP contribution in [-0.2, 0) is 4.79 Å². The summed E-state index contributed by atoms with van der Waals surface area (Å²) in [6, 6.07) is 8.25. The third-order valence-electron chi connectivity index (χ3n) is 4.43. The van der Waals surface area contributed by atoms with E-state index >= 15 is 0 Å². The number of aromatic hydroxyl groups is 1. The zero-order valence-corrected chi connectivity index (χ0v) is 15.9. The Labute approximate surface area is 162 Å². The Morgan fingerprint density at radius 3 is 2.81 bits per heavy atom. The Hall–Kier alpha value is -2.70. The molecule has 1 aromatic carbocycles. The van der Waals surface area contributed by atoms with E-state index in [4.69, 9.17) is 11.6 Å². The first-order chi connectivity index (χ1) is 13.0. The fourth-order valence-corrected chi connectivity index (χ4v) is 3.15. The van der Waals surface area contributed by atoms with Gasteiger partial charge in [0.2, 0.25) is 5.91 Å². The molecule has 6 nitrogen and oxygen atoms in total. The third kappa shape index (κ3) is 4.18. The quantitative estimate of drug-likeness (QED) is 0.682. The Balaban J connectivity index is 2.07. The van der Waals surface area contributed by atoms with Gasteiger partial charge in [0, 0.05) is 29.5 Å². The number of phenolic OH excluding ortho intramolecular Hbond substituents is 1. The SMILES string of the molecule is CCN(C)CC(=O)NC(c1cccnc1)c1cc(Cl)c2cccnc2c1O. The average Bonchev–Trinajstić information content (AvgIpc) is 2.69. The van der Waals surface area contributed by atoms with Crippen LogP contribution in [0.2, 0.25) is 5.02 Å². The first-order valence-electron chi connectivity index (χ1n) is 8.65. The molecule has 0 radical (unpaired) electrons. The first-order valence-corrected chi connectivity index (χ1v) is 9.03. The molecule has 0 aliphatic carbocycles. The summed E-state index contributed by atoms with van der Waals surface area (Å²) in [5.41, 5.74) is 1.62. The van der Waals surface area contributed by atoms with Crippen LogP contribution in [0.5, 0.6) is 5.75 Å². The lowest BCUT2D eigenvalue weighted by Crippen LogP contribution is -2.37. The number of halogens is 1. The van der Waals surface area contributed by atoms with Crippen molar-refractivity contribution >= 4 is 28.4 Å². The molecule has 2 N–H and O–H groups in total. The summed E-state index contributed by atoms with van der Waals surface area (Å²) in [5, 5.41) is 14.9. The van der Waals surface area contributed by atoms with Gasteiger partial charge in [-0.15, -0.1) is 0 Å². The first kappa shape index (κ1) is 19.1. The number of phenols is 1. The average molecular weight is 385 g/mol. The Bertz CT molecular complexity index is 949. The summed E-state index contributed by atoms with van der Waals surface area (Å²) in [5.74, 6) is -0.169. The largest absolute Gasteiger partial charge is 0.505 e. The molecular formula is C20H21ClN4O2. The Morgan fingerprint density at radius 2 is 2.11 bits per heavy atom. The third-order valence-corrected chi connectivity index (χ3v) is 4.75. The van der Waals surface area contributed by atoms with E-state index in [0.717, 1.165) is 12.1 Å². The minimum atomic E-state index is -0.597. The van der Waals surface area contributed by atoms with E-state index < -0.39 is 6.04 Å². The number of hydrogen-bond acceptors (Lipinski definition) is 5. The summed E-state index contributed by atoms with van der Waals surface area (Å²) in [6.45, 7) is 2.97. The number of hydrogen-bond donors (Lipinski definition) is 2. The molecule has 0 saturated carbocycles. The minimum Gasteiger partial charge on any atom is -0.505 e. The van der Waals surface area contributed by atoms with Crippen molar-refractivity contribution < 1.29 is 9.90 Å². The van der Waals surface area contributed by atoms with E-state index in [1.807, 2.05) is 24.9 Å². The van der Waals surface area contributed by atoms with Gasteiger partial charge in [-0.05, 0) is 43.4 Å². The van der Waals surface area contributed by atoms with Gasteiger partial charge in [0.15, 0.2) is 0 Å². The molecule has 0 spiro atoms. The second-order valence-electron chi connectivity index (χ2n) is 6.31. The van der Waals surface area contributed by atoms with Gasteiger partial charge < -0.3 is 10.4 Å². The van der Waals surface area contributed by atoms with Crippen molar-refractivity contribution in [3.63, 3.8) is 0 Å². The summed E-state index contributed by atoms with van der Waals surface area (Å²) in [7, 11) is 1.87. The van der Waals surface area contributed by atoms with Crippen LogP contribution in [0.3, 0.4) is 0 Å². The number of pyridine rings is 2. The standard InChI is InChI=1S/C20H21ClN4O2/c1-3-25(2)12-17(26)24-18(13-6-4-8-22-11-13)15-10-16(21)14-7-5-9-23-19(14)20(15)27/h4-11,18,27H,3,12H2,1-2H3,(H,24,26). The van der Waals surface area contributed by atoms with Crippen molar-refractivity contribution in [1.29, 1.82) is 0 Å². The number of benzene rings is 1. The van der Waals surface area contributed by atoms with Gasteiger partial charge in [-0.3, -0.25) is 19.7 Å². The van der Waals surface area contributed by atoms with Crippen molar-refractivity contribution in [3.05, 3.63) is 65.1 Å². The summed E-state index contributed by atoms with van der Waals surface area (Å²) in [4.78, 5) is 22.8. The maximum absolute atomic E-state index is 12.5. The number of nitrogens with one attached hydrogen (secondary N) is 1. The van der Waals surface area contributed by atoms with Crippen molar-refractivity contribution in [2.24, 2.45) is 0 Å². The highest BCUT2D eigenvalue weighted by Gasteiger charge is 2.23. The summed E-state index contributed by atoms with van der Waals surface area (Å²) >= 11 is 6.42.